The molecule has 19 heavy (non-hydrogen) atoms. The van der Waals surface area contributed by atoms with E-state index in [0.717, 1.165) is 6.07 Å². The lowest BCUT2D eigenvalue weighted by Gasteiger charge is -2.19. The van der Waals surface area contributed by atoms with Gasteiger partial charge in [0.05, 0.1) is 24.1 Å². The summed E-state index contributed by atoms with van der Waals surface area (Å²) >= 11 is 5.74. The summed E-state index contributed by atoms with van der Waals surface area (Å²) in [5, 5.41) is 8.53. The maximum absolute atomic E-state index is 12.9. The third kappa shape index (κ3) is 3.74. The Labute approximate surface area is 111 Å². The SMILES string of the molecule is COc1cc(C(F)(F)F)c(C(N)CC(=O)O)cc1Cl. The first-order valence-electron chi connectivity index (χ1n) is 5.08. The molecule has 0 radical (unpaired) electrons. The number of hydrogen-bond donors (Lipinski definition) is 2. The molecule has 4 nitrogen and oxygen atoms in total. The Hall–Kier alpha value is -1.47. The van der Waals surface area contributed by atoms with E-state index in [4.69, 9.17) is 27.2 Å². The molecule has 0 bridgehead atoms. The van der Waals surface area contributed by atoms with Gasteiger partial charge in [0, 0.05) is 6.04 Å². The largest absolute Gasteiger partial charge is 0.495 e. The fourth-order valence-electron chi connectivity index (χ4n) is 1.58. The standard InChI is InChI=1S/C11H11ClF3NO3/c1-19-9-3-6(11(13,14)15)5(2-7(9)12)8(16)4-10(17)18/h2-3,8H,4,16H2,1H3,(H,17,18). The number of hydrogen-bond acceptors (Lipinski definition) is 3. The smallest absolute Gasteiger partial charge is 0.416 e. The van der Waals surface area contributed by atoms with Gasteiger partial charge in [-0.3, -0.25) is 4.79 Å². The van der Waals surface area contributed by atoms with E-state index in [1.807, 2.05) is 0 Å². The molecular formula is C11H11ClF3NO3. The molecule has 106 valence electrons. The average molecular weight is 298 g/mol. The van der Waals surface area contributed by atoms with Crippen LogP contribution in [0.25, 0.3) is 0 Å². The number of ether oxygens (including phenoxy) is 1. The van der Waals surface area contributed by atoms with Crippen LogP contribution in [0.15, 0.2) is 12.1 Å². The second-order valence-electron chi connectivity index (χ2n) is 3.78. The van der Waals surface area contributed by atoms with Gasteiger partial charge in [0.25, 0.3) is 0 Å². The number of halogens is 4. The molecule has 0 heterocycles. The van der Waals surface area contributed by atoms with Gasteiger partial charge < -0.3 is 15.6 Å². The molecule has 1 aromatic rings. The lowest BCUT2D eigenvalue weighted by molar-refractivity contribution is -0.140. The summed E-state index contributed by atoms with van der Waals surface area (Å²) in [4.78, 5) is 10.5. The number of rotatable bonds is 4. The number of aliphatic carboxylic acids is 1. The zero-order chi connectivity index (χ0) is 14.8. The fourth-order valence-corrected chi connectivity index (χ4v) is 1.82. The van der Waals surface area contributed by atoms with Crippen molar-refractivity contribution in [3.05, 3.63) is 28.3 Å². The third-order valence-corrected chi connectivity index (χ3v) is 2.72. The summed E-state index contributed by atoms with van der Waals surface area (Å²) in [6, 6.07) is 0.383. The Balaban J connectivity index is 3.36. The first kappa shape index (κ1) is 15.6. The van der Waals surface area contributed by atoms with Crippen LogP contribution in [-0.4, -0.2) is 18.2 Å². The van der Waals surface area contributed by atoms with E-state index in [9.17, 15) is 18.0 Å². The van der Waals surface area contributed by atoms with Crippen LogP contribution in [0.3, 0.4) is 0 Å². The Morgan fingerprint density at radius 3 is 2.53 bits per heavy atom. The van der Waals surface area contributed by atoms with E-state index in [2.05, 4.69) is 0 Å². The minimum atomic E-state index is -4.68. The van der Waals surface area contributed by atoms with E-state index < -0.39 is 30.2 Å². The Morgan fingerprint density at radius 1 is 1.53 bits per heavy atom. The van der Waals surface area contributed by atoms with Crippen LogP contribution < -0.4 is 10.5 Å². The molecule has 3 N–H and O–H groups in total. The number of alkyl halides is 3. The molecule has 0 aromatic heterocycles. The zero-order valence-corrected chi connectivity index (χ0v) is 10.5. The van der Waals surface area contributed by atoms with Gasteiger partial charge in [0.2, 0.25) is 0 Å². The second-order valence-corrected chi connectivity index (χ2v) is 4.18. The average Bonchev–Trinajstić information content (AvgIpc) is 2.26. The van der Waals surface area contributed by atoms with Gasteiger partial charge in [-0.1, -0.05) is 11.6 Å². The first-order valence-corrected chi connectivity index (χ1v) is 5.46. The van der Waals surface area contributed by atoms with Gasteiger partial charge in [-0.2, -0.15) is 13.2 Å². The molecule has 0 spiro atoms. The van der Waals surface area contributed by atoms with Crippen molar-refractivity contribution in [3.8, 4) is 5.75 Å². The van der Waals surface area contributed by atoms with Crippen molar-refractivity contribution < 1.29 is 27.8 Å². The monoisotopic (exact) mass is 297 g/mol. The third-order valence-electron chi connectivity index (χ3n) is 2.42. The van der Waals surface area contributed by atoms with Crippen molar-refractivity contribution in [1.82, 2.24) is 0 Å². The molecule has 1 aromatic carbocycles. The minimum Gasteiger partial charge on any atom is -0.495 e. The van der Waals surface area contributed by atoms with Crippen LogP contribution in [-0.2, 0) is 11.0 Å². The van der Waals surface area contributed by atoms with Crippen LogP contribution in [0.1, 0.15) is 23.6 Å². The molecule has 1 atom stereocenters. The van der Waals surface area contributed by atoms with Gasteiger partial charge in [0.15, 0.2) is 0 Å². The molecule has 0 aliphatic heterocycles. The van der Waals surface area contributed by atoms with Gasteiger partial charge in [-0.25, -0.2) is 0 Å². The quantitative estimate of drug-likeness (QED) is 0.896. The highest BCUT2D eigenvalue weighted by molar-refractivity contribution is 6.32. The summed E-state index contributed by atoms with van der Waals surface area (Å²) in [5.41, 5.74) is 4.05. The molecule has 8 heteroatoms. The van der Waals surface area contributed by atoms with E-state index in [0.29, 0.717) is 6.07 Å². The Morgan fingerprint density at radius 2 is 2.11 bits per heavy atom. The summed E-state index contributed by atoms with van der Waals surface area (Å²) in [5.74, 6) is -1.45. The van der Waals surface area contributed by atoms with E-state index >= 15 is 0 Å². The maximum Gasteiger partial charge on any atom is 0.416 e. The number of benzene rings is 1. The van der Waals surface area contributed by atoms with Gasteiger partial charge in [0.1, 0.15) is 5.75 Å². The molecule has 0 saturated heterocycles. The molecular weight excluding hydrogens is 287 g/mol. The van der Waals surface area contributed by atoms with Crippen molar-refractivity contribution >= 4 is 17.6 Å². The predicted octanol–water partition coefficient (Wildman–Crippen LogP) is 2.84. The summed E-state index contributed by atoms with van der Waals surface area (Å²) in [7, 11) is 1.18. The molecule has 0 saturated carbocycles. The normalized spacial score (nSPS) is 13.2. The zero-order valence-electron chi connectivity index (χ0n) is 9.79. The van der Waals surface area contributed by atoms with Crippen LogP contribution in [0.5, 0.6) is 5.75 Å². The highest BCUT2D eigenvalue weighted by Gasteiger charge is 2.36. The van der Waals surface area contributed by atoms with Gasteiger partial charge in [-0.15, -0.1) is 0 Å². The van der Waals surface area contributed by atoms with E-state index in [1.54, 1.807) is 0 Å². The molecule has 0 aliphatic carbocycles. The number of carbonyl (C=O) groups is 1. The van der Waals surface area contributed by atoms with Crippen LogP contribution in [0.2, 0.25) is 5.02 Å². The van der Waals surface area contributed by atoms with E-state index in [1.165, 1.54) is 7.11 Å². The lowest BCUT2D eigenvalue weighted by Crippen LogP contribution is -2.20. The Bertz CT molecular complexity index is 491. The number of methoxy groups -OCH3 is 1. The fraction of sp³-hybridized carbons (Fsp3) is 0.364. The van der Waals surface area contributed by atoms with Crippen molar-refractivity contribution in [3.63, 3.8) is 0 Å². The van der Waals surface area contributed by atoms with Crippen LogP contribution in [0, 0.1) is 0 Å². The minimum absolute atomic E-state index is 0.0636. The molecule has 1 rings (SSSR count). The molecule has 0 aliphatic rings. The summed E-state index contributed by atoms with van der Waals surface area (Å²) in [6.45, 7) is 0. The number of carboxylic acid groups (broad SMARTS) is 1. The van der Waals surface area contributed by atoms with Crippen molar-refractivity contribution in [2.75, 3.05) is 7.11 Å². The van der Waals surface area contributed by atoms with Gasteiger partial charge in [-0.05, 0) is 17.7 Å². The first-order chi connectivity index (χ1) is 8.66. The summed E-state index contributed by atoms with van der Waals surface area (Å²) < 4.78 is 43.4. The van der Waals surface area contributed by atoms with Crippen molar-refractivity contribution in [2.24, 2.45) is 5.73 Å². The summed E-state index contributed by atoms with van der Waals surface area (Å²) in [6.07, 6.45) is -5.31. The molecule has 0 fully saturated rings. The van der Waals surface area contributed by atoms with Crippen LogP contribution >= 0.6 is 11.6 Å². The number of nitrogens with two attached hydrogens (primary N) is 1. The highest BCUT2D eigenvalue weighted by Crippen LogP contribution is 2.40. The molecule has 1 unspecified atom stereocenters. The maximum atomic E-state index is 12.9. The Kier molecular flexibility index (Phi) is 4.65. The molecule has 0 amide bonds. The van der Waals surface area contributed by atoms with Crippen LogP contribution in [0.4, 0.5) is 13.2 Å². The number of carboxylic acids is 1. The van der Waals surface area contributed by atoms with Crippen molar-refractivity contribution in [1.29, 1.82) is 0 Å². The predicted molar refractivity (Wildman–Crippen MR) is 62.2 cm³/mol. The topological polar surface area (TPSA) is 72.5 Å². The van der Waals surface area contributed by atoms with Gasteiger partial charge >= 0.3 is 12.1 Å². The van der Waals surface area contributed by atoms with Crippen molar-refractivity contribution in [2.45, 2.75) is 18.6 Å². The second kappa shape index (κ2) is 5.66. The lowest BCUT2D eigenvalue weighted by atomic mass is 9.98. The highest BCUT2D eigenvalue weighted by atomic mass is 35.5. The van der Waals surface area contributed by atoms with E-state index in [-0.39, 0.29) is 16.3 Å².